The van der Waals surface area contributed by atoms with Gasteiger partial charge in [-0.05, 0) is 43.4 Å². The number of fused-ring (bicyclic) bond motifs is 2. The predicted octanol–water partition coefficient (Wildman–Crippen LogP) is 3.75. The molecule has 18 heavy (non-hydrogen) atoms. The van der Waals surface area contributed by atoms with E-state index in [4.69, 9.17) is 0 Å². The quantitative estimate of drug-likeness (QED) is 0.876. The number of piperidine rings is 1. The van der Waals surface area contributed by atoms with E-state index < -0.39 is 5.67 Å². The van der Waals surface area contributed by atoms with Gasteiger partial charge in [-0.2, -0.15) is 0 Å². The van der Waals surface area contributed by atoms with Crippen LogP contribution in [0.4, 0.5) is 8.78 Å². The summed E-state index contributed by atoms with van der Waals surface area (Å²) in [6.45, 7) is 0. The van der Waals surface area contributed by atoms with E-state index in [1.54, 1.807) is 6.07 Å². The fourth-order valence-corrected chi connectivity index (χ4v) is 3.83. The molecular weight excluding hydrogens is 300 g/mol. The van der Waals surface area contributed by atoms with Gasteiger partial charge < -0.3 is 5.32 Å². The minimum atomic E-state index is -1.14. The van der Waals surface area contributed by atoms with Gasteiger partial charge in [0.25, 0.3) is 0 Å². The third-order valence-corrected chi connectivity index (χ3v) is 4.82. The van der Waals surface area contributed by atoms with Crippen molar-refractivity contribution in [2.45, 2.75) is 49.9 Å². The van der Waals surface area contributed by atoms with E-state index in [-0.39, 0.29) is 5.82 Å². The molecule has 2 saturated heterocycles. The second kappa shape index (κ2) is 4.57. The summed E-state index contributed by atoms with van der Waals surface area (Å²) in [4.78, 5) is 0. The molecule has 3 rings (SSSR count). The summed E-state index contributed by atoms with van der Waals surface area (Å²) in [5.74, 6) is -0.288. The SMILES string of the molecule is Fc1ccc(CC2(F)CC3CCC(C2)N3)c(Br)c1. The van der Waals surface area contributed by atoms with Crippen molar-refractivity contribution in [3.63, 3.8) is 0 Å². The zero-order chi connectivity index (χ0) is 12.8. The lowest BCUT2D eigenvalue weighted by atomic mass is 9.84. The highest BCUT2D eigenvalue weighted by Crippen LogP contribution is 2.39. The fourth-order valence-electron chi connectivity index (χ4n) is 3.34. The van der Waals surface area contributed by atoms with E-state index in [9.17, 15) is 8.78 Å². The Bertz CT molecular complexity index is 451. The van der Waals surface area contributed by atoms with Crippen molar-refractivity contribution in [3.05, 3.63) is 34.1 Å². The molecule has 98 valence electrons. The number of halogens is 3. The average Bonchev–Trinajstić information content (AvgIpc) is 2.63. The monoisotopic (exact) mass is 315 g/mol. The minimum Gasteiger partial charge on any atom is -0.311 e. The first-order valence-electron chi connectivity index (χ1n) is 6.43. The zero-order valence-electron chi connectivity index (χ0n) is 10.1. The van der Waals surface area contributed by atoms with Crippen LogP contribution in [0.1, 0.15) is 31.2 Å². The predicted molar refractivity (Wildman–Crippen MR) is 70.8 cm³/mol. The highest BCUT2D eigenvalue weighted by Gasteiger charge is 2.44. The van der Waals surface area contributed by atoms with Gasteiger partial charge >= 0.3 is 0 Å². The second-order valence-corrected chi connectivity index (χ2v) is 6.46. The number of hydrogen-bond acceptors (Lipinski definition) is 1. The topological polar surface area (TPSA) is 12.0 Å². The van der Waals surface area contributed by atoms with Crippen molar-refractivity contribution in [2.75, 3.05) is 0 Å². The number of benzene rings is 1. The van der Waals surface area contributed by atoms with Crippen LogP contribution in [0.3, 0.4) is 0 Å². The third-order valence-electron chi connectivity index (χ3n) is 4.08. The molecule has 2 atom stereocenters. The minimum absolute atomic E-state index is 0.288. The summed E-state index contributed by atoms with van der Waals surface area (Å²) in [5, 5.41) is 3.44. The van der Waals surface area contributed by atoms with Crippen LogP contribution in [-0.4, -0.2) is 17.8 Å². The molecule has 4 heteroatoms. The highest BCUT2D eigenvalue weighted by molar-refractivity contribution is 9.10. The summed E-state index contributed by atoms with van der Waals surface area (Å²) in [7, 11) is 0. The van der Waals surface area contributed by atoms with E-state index in [2.05, 4.69) is 21.2 Å². The van der Waals surface area contributed by atoms with E-state index >= 15 is 0 Å². The maximum Gasteiger partial charge on any atom is 0.124 e. The van der Waals surface area contributed by atoms with Gasteiger partial charge in [-0.1, -0.05) is 22.0 Å². The number of hydrogen-bond donors (Lipinski definition) is 1. The fraction of sp³-hybridized carbons (Fsp3) is 0.571. The van der Waals surface area contributed by atoms with Gasteiger partial charge in [0, 0.05) is 23.0 Å². The highest BCUT2D eigenvalue weighted by atomic mass is 79.9. The van der Waals surface area contributed by atoms with Crippen molar-refractivity contribution in [3.8, 4) is 0 Å². The van der Waals surface area contributed by atoms with Crippen LogP contribution in [0.15, 0.2) is 22.7 Å². The Morgan fingerprint density at radius 3 is 2.56 bits per heavy atom. The Labute approximate surface area is 114 Å². The first-order chi connectivity index (χ1) is 8.54. The molecule has 2 fully saturated rings. The maximum atomic E-state index is 14.9. The maximum absolute atomic E-state index is 14.9. The Morgan fingerprint density at radius 1 is 1.28 bits per heavy atom. The first kappa shape index (κ1) is 12.5. The van der Waals surface area contributed by atoms with Crippen LogP contribution in [0, 0.1) is 5.82 Å². The molecule has 0 spiro atoms. The molecule has 2 unspecified atom stereocenters. The number of nitrogens with one attached hydrogen (secondary N) is 1. The molecule has 0 saturated carbocycles. The molecule has 0 amide bonds. The molecular formula is C14H16BrF2N. The van der Waals surface area contributed by atoms with E-state index in [0.717, 1.165) is 18.4 Å². The molecule has 0 aromatic heterocycles. The standard InChI is InChI=1S/C14H16BrF2N/c15-13-5-10(16)2-1-9(13)6-14(17)7-11-3-4-12(8-14)18-11/h1-2,5,11-12,18H,3-4,6-8H2. The lowest BCUT2D eigenvalue weighted by Crippen LogP contribution is -2.47. The van der Waals surface area contributed by atoms with Gasteiger partial charge in [0.05, 0.1) is 0 Å². The van der Waals surface area contributed by atoms with Gasteiger partial charge in [0.2, 0.25) is 0 Å². The Balaban J connectivity index is 1.79. The normalized spacial score (nSPS) is 34.8. The Kier molecular flexibility index (Phi) is 3.18. The van der Waals surface area contributed by atoms with Crippen LogP contribution >= 0.6 is 15.9 Å². The zero-order valence-corrected chi connectivity index (χ0v) is 11.6. The largest absolute Gasteiger partial charge is 0.311 e. The van der Waals surface area contributed by atoms with E-state index in [1.165, 1.54) is 12.1 Å². The van der Waals surface area contributed by atoms with Gasteiger partial charge in [0.15, 0.2) is 0 Å². The van der Waals surface area contributed by atoms with Gasteiger partial charge in [-0.25, -0.2) is 8.78 Å². The van der Waals surface area contributed by atoms with Crippen molar-refractivity contribution in [1.29, 1.82) is 0 Å². The molecule has 2 aliphatic heterocycles. The molecule has 1 nitrogen and oxygen atoms in total. The summed E-state index contributed by atoms with van der Waals surface area (Å²) in [6, 6.07) is 5.15. The summed E-state index contributed by atoms with van der Waals surface area (Å²) < 4.78 is 28.6. The summed E-state index contributed by atoms with van der Waals surface area (Å²) in [6.07, 6.45) is 3.70. The smallest absolute Gasteiger partial charge is 0.124 e. The van der Waals surface area contributed by atoms with E-state index in [1.807, 2.05) is 0 Å². The van der Waals surface area contributed by atoms with Gasteiger partial charge in [-0.3, -0.25) is 0 Å². The van der Waals surface area contributed by atoms with Crippen LogP contribution in [0.2, 0.25) is 0 Å². The lowest BCUT2D eigenvalue weighted by molar-refractivity contribution is 0.0892. The van der Waals surface area contributed by atoms with Crippen molar-refractivity contribution < 1.29 is 8.78 Å². The van der Waals surface area contributed by atoms with Crippen molar-refractivity contribution >= 4 is 15.9 Å². The number of rotatable bonds is 2. The Morgan fingerprint density at radius 2 is 1.94 bits per heavy atom. The van der Waals surface area contributed by atoms with Crippen LogP contribution in [-0.2, 0) is 6.42 Å². The van der Waals surface area contributed by atoms with Crippen LogP contribution < -0.4 is 5.32 Å². The molecule has 0 aliphatic carbocycles. The molecule has 1 N–H and O–H groups in total. The molecule has 2 aliphatic rings. The van der Waals surface area contributed by atoms with E-state index in [0.29, 0.717) is 35.8 Å². The van der Waals surface area contributed by atoms with Crippen LogP contribution in [0.5, 0.6) is 0 Å². The van der Waals surface area contributed by atoms with Gasteiger partial charge in [-0.15, -0.1) is 0 Å². The Hall–Kier alpha value is -0.480. The molecule has 2 heterocycles. The van der Waals surface area contributed by atoms with Gasteiger partial charge in [0.1, 0.15) is 11.5 Å². The number of alkyl halides is 1. The molecule has 1 aromatic rings. The average molecular weight is 316 g/mol. The second-order valence-electron chi connectivity index (χ2n) is 5.61. The van der Waals surface area contributed by atoms with Crippen molar-refractivity contribution in [2.24, 2.45) is 0 Å². The molecule has 0 radical (unpaired) electrons. The molecule has 1 aromatic carbocycles. The summed E-state index contributed by atoms with van der Waals surface area (Å²) >= 11 is 3.32. The van der Waals surface area contributed by atoms with Crippen LogP contribution in [0.25, 0.3) is 0 Å². The van der Waals surface area contributed by atoms with Crippen molar-refractivity contribution in [1.82, 2.24) is 5.32 Å². The third kappa shape index (κ3) is 2.45. The lowest BCUT2D eigenvalue weighted by Gasteiger charge is -2.35. The first-order valence-corrected chi connectivity index (χ1v) is 7.22. The summed E-state index contributed by atoms with van der Waals surface area (Å²) in [5.41, 5.74) is -0.280. The molecule has 2 bridgehead atoms.